The number of fused-ring (bicyclic) bond motifs is 3. The number of benzene rings is 1. The first-order valence-corrected chi connectivity index (χ1v) is 5.16. The van der Waals surface area contributed by atoms with Crippen molar-refractivity contribution in [2.75, 3.05) is 6.54 Å². The molecule has 1 aromatic carbocycles. The lowest BCUT2D eigenvalue weighted by atomic mass is 9.94. The summed E-state index contributed by atoms with van der Waals surface area (Å²) in [5.74, 6) is 0. The Morgan fingerprint density at radius 1 is 1.27 bits per heavy atom. The van der Waals surface area contributed by atoms with E-state index < -0.39 is 0 Å². The van der Waals surface area contributed by atoms with Gasteiger partial charge >= 0.3 is 0 Å². The minimum absolute atomic E-state index is 0.610. The van der Waals surface area contributed by atoms with Gasteiger partial charge in [-0.25, -0.2) is 0 Å². The van der Waals surface area contributed by atoms with Crippen LogP contribution in [0.4, 0.5) is 5.69 Å². The van der Waals surface area contributed by atoms with Crippen molar-refractivity contribution in [2.24, 2.45) is 10.7 Å². The lowest BCUT2D eigenvalue weighted by Gasteiger charge is -2.10. The molecule has 1 aliphatic heterocycles. The van der Waals surface area contributed by atoms with Gasteiger partial charge in [0.2, 0.25) is 0 Å². The van der Waals surface area contributed by atoms with Gasteiger partial charge in [0, 0.05) is 24.1 Å². The Hall–Kier alpha value is -1.67. The van der Waals surface area contributed by atoms with Gasteiger partial charge in [0.05, 0.1) is 11.4 Å². The molecule has 0 fully saturated rings. The molecule has 0 atom stereocenters. The number of hydrogen-bond donors (Lipinski definition) is 1. The van der Waals surface area contributed by atoms with Crippen LogP contribution in [-0.4, -0.2) is 12.3 Å². The van der Waals surface area contributed by atoms with E-state index in [2.05, 4.69) is 35.3 Å². The second kappa shape index (κ2) is 3.17. The fourth-order valence-electron chi connectivity index (χ4n) is 2.09. The summed E-state index contributed by atoms with van der Waals surface area (Å²) < 4.78 is 0. The third-order valence-electron chi connectivity index (χ3n) is 2.88. The fourth-order valence-corrected chi connectivity index (χ4v) is 2.09. The molecule has 0 radical (unpaired) electrons. The van der Waals surface area contributed by atoms with E-state index in [1.54, 1.807) is 0 Å². The number of hydrogen-bond acceptors (Lipinski definition) is 2. The molecule has 0 amide bonds. The smallest absolute Gasteiger partial charge is 0.0712 e. The Morgan fingerprint density at radius 2 is 2.13 bits per heavy atom. The molecule has 0 aromatic heterocycles. The maximum absolute atomic E-state index is 5.65. The van der Waals surface area contributed by atoms with Crippen LogP contribution in [0.2, 0.25) is 0 Å². The molecule has 0 bridgehead atoms. The first-order valence-electron chi connectivity index (χ1n) is 5.16. The number of para-hydroxylation sites is 1. The highest BCUT2D eigenvalue weighted by Crippen LogP contribution is 2.37. The summed E-state index contributed by atoms with van der Waals surface area (Å²) in [5, 5.41) is 0. The Labute approximate surface area is 88.8 Å². The Balaban J connectivity index is 2.14. The van der Waals surface area contributed by atoms with E-state index in [9.17, 15) is 0 Å². The number of aliphatic imine (C=N–C) groups is 1. The molecule has 2 N–H and O–H groups in total. The summed E-state index contributed by atoms with van der Waals surface area (Å²) in [7, 11) is 0. The number of nitrogens with zero attached hydrogens (tertiary/aromatic N) is 1. The summed E-state index contributed by atoms with van der Waals surface area (Å²) in [6.45, 7) is 0.610. The summed E-state index contributed by atoms with van der Waals surface area (Å²) in [6, 6.07) is 8.26. The molecule has 1 heterocycles. The molecule has 0 saturated carbocycles. The van der Waals surface area contributed by atoms with Gasteiger partial charge in [-0.3, -0.25) is 4.99 Å². The van der Waals surface area contributed by atoms with Crippen LogP contribution in [-0.2, 0) is 0 Å². The van der Waals surface area contributed by atoms with Gasteiger partial charge < -0.3 is 5.73 Å². The average molecular weight is 196 g/mol. The largest absolute Gasteiger partial charge is 0.327 e. The third-order valence-corrected chi connectivity index (χ3v) is 2.88. The molecule has 0 unspecified atom stereocenters. The van der Waals surface area contributed by atoms with Crippen LogP contribution in [0.3, 0.4) is 0 Å². The van der Waals surface area contributed by atoms with Gasteiger partial charge in [0.15, 0.2) is 0 Å². The molecule has 3 rings (SSSR count). The van der Waals surface area contributed by atoms with Crippen LogP contribution >= 0.6 is 0 Å². The van der Waals surface area contributed by atoms with Crippen molar-refractivity contribution >= 4 is 17.0 Å². The second-order valence-corrected chi connectivity index (χ2v) is 3.82. The summed E-state index contributed by atoms with van der Waals surface area (Å²) in [4.78, 5) is 4.61. The molecular formula is C13H12N2. The molecule has 1 aromatic rings. The zero-order valence-corrected chi connectivity index (χ0v) is 8.40. The minimum atomic E-state index is 0.610. The highest BCUT2D eigenvalue weighted by Gasteiger charge is 2.21. The van der Waals surface area contributed by atoms with E-state index in [1.807, 2.05) is 6.07 Å². The summed E-state index contributed by atoms with van der Waals surface area (Å²) >= 11 is 0. The fraction of sp³-hybridized carbons (Fsp3) is 0.154. The van der Waals surface area contributed by atoms with Crippen molar-refractivity contribution in [1.29, 1.82) is 0 Å². The van der Waals surface area contributed by atoms with Crippen LogP contribution in [0.1, 0.15) is 12.0 Å². The van der Waals surface area contributed by atoms with Crippen molar-refractivity contribution in [3.63, 3.8) is 0 Å². The topological polar surface area (TPSA) is 38.4 Å². The molecular weight excluding hydrogens is 184 g/mol. The maximum atomic E-state index is 5.65. The van der Waals surface area contributed by atoms with Crippen molar-refractivity contribution in [2.45, 2.75) is 6.42 Å². The van der Waals surface area contributed by atoms with Crippen molar-refractivity contribution in [3.05, 3.63) is 47.6 Å². The van der Waals surface area contributed by atoms with Gasteiger partial charge in [-0.15, -0.1) is 0 Å². The zero-order valence-electron chi connectivity index (χ0n) is 8.40. The highest BCUT2D eigenvalue weighted by molar-refractivity contribution is 6.30. The van der Waals surface area contributed by atoms with Gasteiger partial charge in [-0.1, -0.05) is 24.3 Å². The Bertz CT molecular complexity index is 507. The first-order chi connectivity index (χ1) is 7.38. The average Bonchev–Trinajstić information content (AvgIpc) is 2.66. The molecule has 2 aliphatic rings. The van der Waals surface area contributed by atoms with Gasteiger partial charge in [0.25, 0.3) is 0 Å². The third kappa shape index (κ3) is 1.26. The Kier molecular flexibility index (Phi) is 1.82. The van der Waals surface area contributed by atoms with E-state index >= 15 is 0 Å². The maximum Gasteiger partial charge on any atom is 0.0712 e. The molecule has 1 aliphatic carbocycles. The van der Waals surface area contributed by atoms with Crippen molar-refractivity contribution in [1.82, 2.24) is 0 Å². The molecule has 2 heteroatoms. The SMILES string of the molecule is NCC1=CCC2=Nc3ccccc3C2=C1. The monoisotopic (exact) mass is 196 g/mol. The van der Waals surface area contributed by atoms with Crippen LogP contribution < -0.4 is 5.73 Å². The Morgan fingerprint density at radius 3 is 3.00 bits per heavy atom. The van der Waals surface area contributed by atoms with Crippen LogP contribution in [0.25, 0.3) is 5.57 Å². The van der Waals surface area contributed by atoms with Gasteiger partial charge in [-0.2, -0.15) is 0 Å². The minimum Gasteiger partial charge on any atom is -0.327 e. The number of rotatable bonds is 1. The molecule has 0 saturated heterocycles. The quantitative estimate of drug-likeness (QED) is 0.736. The van der Waals surface area contributed by atoms with Crippen LogP contribution in [0, 0.1) is 0 Å². The lowest BCUT2D eigenvalue weighted by molar-refractivity contribution is 1.16. The van der Waals surface area contributed by atoms with Crippen LogP contribution in [0.15, 0.2) is 47.0 Å². The molecule has 15 heavy (non-hydrogen) atoms. The van der Waals surface area contributed by atoms with E-state index in [1.165, 1.54) is 22.4 Å². The first kappa shape index (κ1) is 8.62. The van der Waals surface area contributed by atoms with Crippen LogP contribution in [0.5, 0.6) is 0 Å². The van der Waals surface area contributed by atoms with Crippen molar-refractivity contribution in [3.8, 4) is 0 Å². The summed E-state index contributed by atoms with van der Waals surface area (Å²) in [5.41, 5.74) is 11.6. The number of allylic oxidation sites excluding steroid dienone is 2. The van der Waals surface area contributed by atoms with E-state index in [0.717, 1.165) is 12.1 Å². The highest BCUT2D eigenvalue weighted by atomic mass is 14.8. The predicted molar refractivity (Wildman–Crippen MR) is 63.3 cm³/mol. The predicted octanol–water partition coefficient (Wildman–Crippen LogP) is 2.44. The normalized spacial score (nSPS) is 17.5. The zero-order chi connectivity index (χ0) is 10.3. The summed E-state index contributed by atoms with van der Waals surface area (Å²) in [6.07, 6.45) is 5.23. The van der Waals surface area contributed by atoms with Gasteiger partial charge in [0.1, 0.15) is 0 Å². The van der Waals surface area contributed by atoms with Gasteiger partial charge in [-0.05, 0) is 17.7 Å². The van der Waals surface area contributed by atoms with E-state index in [0.29, 0.717) is 6.54 Å². The second-order valence-electron chi connectivity index (χ2n) is 3.82. The molecule has 74 valence electrons. The standard InChI is InChI=1S/C13H12N2/c14-8-9-5-6-13-11(7-9)10-3-1-2-4-12(10)15-13/h1-5,7H,6,8,14H2. The number of nitrogens with two attached hydrogens (primary N) is 1. The molecule has 2 nitrogen and oxygen atoms in total. The lowest BCUT2D eigenvalue weighted by Crippen LogP contribution is -2.08. The van der Waals surface area contributed by atoms with Crippen molar-refractivity contribution < 1.29 is 0 Å². The molecule has 0 spiro atoms. The van der Waals surface area contributed by atoms with E-state index in [4.69, 9.17) is 5.73 Å². The van der Waals surface area contributed by atoms with E-state index in [-0.39, 0.29) is 0 Å².